The van der Waals surface area contributed by atoms with E-state index in [2.05, 4.69) is 39.4 Å². The molecule has 6 heteroatoms. The minimum absolute atomic E-state index is 0.152. The molecule has 0 aromatic rings. The highest BCUT2D eigenvalue weighted by molar-refractivity contribution is 5.79. The number of hydrogen-bond acceptors (Lipinski definition) is 6. The van der Waals surface area contributed by atoms with E-state index in [1.54, 1.807) is 0 Å². The molecule has 0 spiro atoms. The summed E-state index contributed by atoms with van der Waals surface area (Å²) >= 11 is 0. The third-order valence-corrected chi connectivity index (χ3v) is 5.54. The lowest BCUT2D eigenvalue weighted by Crippen LogP contribution is -2.57. The molecule has 1 rings (SSSR count). The highest BCUT2D eigenvalue weighted by Gasteiger charge is 2.53. The van der Waals surface area contributed by atoms with E-state index < -0.39 is 17.7 Å². The molecule has 0 amide bonds. The summed E-state index contributed by atoms with van der Waals surface area (Å²) in [5, 5.41) is 0. The van der Waals surface area contributed by atoms with Crippen LogP contribution < -0.4 is 0 Å². The first kappa shape index (κ1) is 20.9. The van der Waals surface area contributed by atoms with Crippen molar-refractivity contribution in [1.29, 1.82) is 0 Å². The van der Waals surface area contributed by atoms with Crippen LogP contribution in [0.4, 0.5) is 0 Å². The summed E-state index contributed by atoms with van der Waals surface area (Å²) in [7, 11) is 2.57. The van der Waals surface area contributed by atoms with Gasteiger partial charge in [-0.3, -0.25) is 0 Å². The number of carbonyl (C=O) groups excluding carboxylic acids is 2. The standard InChI is InChI=1S/C18H32O6/c1-8-11(2)13(4)16-14(5)12(3)9-18(24-16,17(20)22-7)23-10-15(19)21-6/h11-14,16H,8-10H2,1-7H3/t11-,12-,13-,14-,16?,18-/m1/s1. The fraction of sp³-hybridized carbons (Fsp3) is 0.889. The molecule has 1 saturated heterocycles. The zero-order chi connectivity index (χ0) is 18.5. The van der Waals surface area contributed by atoms with E-state index in [0.717, 1.165) is 6.42 Å². The number of rotatable bonds is 7. The second kappa shape index (κ2) is 8.81. The van der Waals surface area contributed by atoms with Crippen molar-refractivity contribution in [2.45, 2.75) is 59.4 Å². The quantitative estimate of drug-likeness (QED) is 0.661. The summed E-state index contributed by atoms with van der Waals surface area (Å²) in [6.07, 6.45) is 1.22. The summed E-state index contributed by atoms with van der Waals surface area (Å²) in [6, 6.07) is 0. The van der Waals surface area contributed by atoms with Crippen molar-refractivity contribution in [3.8, 4) is 0 Å². The summed E-state index contributed by atoms with van der Waals surface area (Å²) in [4.78, 5) is 23.9. The minimum Gasteiger partial charge on any atom is -0.467 e. The van der Waals surface area contributed by atoms with Crippen LogP contribution in [0.25, 0.3) is 0 Å². The van der Waals surface area contributed by atoms with E-state index in [9.17, 15) is 9.59 Å². The van der Waals surface area contributed by atoms with Crippen LogP contribution in [0, 0.1) is 23.7 Å². The van der Waals surface area contributed by atoms with Crippen molar-refractivity contribution in [3.05, 3.63) is 0 Å². The summed E-state index contributed by atoms with van der Waals surface area (Å²) < 4.78 is 21.3. The maximum Gasteiger partial charge on any atom is 0.366 e. The number of methoxy groups -OCH3 is 2. The first-order valence-electron chi connectivity index (χ1n) is 8.69. The SMILES string of the molecule is CC[C@@H](C)[C@@H](C)C1O[C@@](OCC(=O)OC)(C(=O)OC)C[C@@H](C)[C@H]1C. The van der Waals surface area contributed by atoms with Crippen LogP contribution in [0.1, 0.15) is 47.5 Å². The van der Waals surface area contributed by atoms with Crippen molar-refractivity contribution in [2.75, 3.05) is 20.8 Å². The van der Waals surface area contributed by atoms with Gasteiger partial charge in [-0.2, -0.15) is 0 Å². The second-order valence-electron chi connectivity index (χ2n) is 6.98. The Morgan fingerprint density at radius 1 is 1.21 bits per heavy atom. The molecule has 0 aliphatic carbocycles. The highest BCUT2D eigenvalue weighted by Crippen LogP contribution is 2.42. The topological polar surface area (TPSA) is 71.1 Å². The summed E-state index contributed by atoms with van der Waals surface area (Å²) in [6.45, 7) is 10.3. The van der Waals surface area contributed by atoms with Crippen LogP contribution >= 0.6 is 0 Å². The molecule has 0 radical (unpaired) electrons. The second-order valence-corrected chi connectivity index (χ2v) is 6.98. The van der Waals surface area contributed by atoms with Crippen molar-refractivity contribution in [1.82, 2.24) is 0 Å². The normalized spacial score (nSPS) is 32.7. The summed E-state index contributed by atoms with van der Waals surface area (Å²) in [5.74, 6) is -1.56. The molecule has 0 N–H and O–H groups in total. The lowest BCUT2D eigenvalue weighted by atomic mass is 9.74. The van der Waals surface area contributed by atoms with Gasteiger partial charge < -0.3 is 18.9 Å². The van der Waals surface area contributed by atoms with Crippen LogP contribution in [0.15, 0.2) is 0 Å². The predicted molar refractivity (Wildman–Crippen MR) is 89.2 cm³/mol. The van der Waals surface area contributed by atoms with Gasteiger partial charge in [-0.25, -0.2) is 9.59 Å². The van der Waals surface area contributed by atoms with Crippen LogP contribution in [0.5, 0.6) is 0 Å². The molecule has 1 aliphatic rings. The van der Waals surface area contributed by atoms with Gasteiger partial charge in [0.05, 0.1) is 20.3 Å². The first-order valence-corrected chi connectivity index (χ1v) is 8.69. The van der Waals surface area contributed by atoms with E-state index in [-0.39, 0.29) is 30.5 Å². The minimum atomic E-state index is -1.55. The van der Waals surface area contributed by atoms with Crippen molar-refractivity contribution < 1.29 is 28.5 Å². The van der Waals surface area contributed by atoms with E-state index in [1.807, 2.05) is 0 Å². The average Bonchev–Trinajstić information content (AvgIpc) is 2.60. The molecule has 1 aliphatic heterocycles. The van der Waals surface area contributed by atoms with Gasteiger partial charge in [-0.05, 0) is 23.7 Å². The molecule has 1 heterocycles. The van der Waals surface area contributed by atoms with Gasteiger partial charge >= 0.3 is 11.9 Å². The van der Waals surface area contributed by atoms with Gasteiger partial charge in [0, 0.05) is 6.42 Å². The molecule has 0 bridgehead atoms. The van der Waals surface area contributed by atoms with E-state index >= 15 is 0 Å². The molecule has 0 aromatic carbocycles. The summed E-state index contributed by atoms with van der Waals surface area (Å²) in [5.41, 5.74) is 0. The van der Waals surface area contributed by atoms with Gasteiger partial charge in [-0.15, -0.1) is 0 Å². The largest absolute Gasteiger partial charge is 0.467 e. The van der Waals surface area contributed by atoms with Crippen LogP contribution in [0.3, 0.4) is 0 Å². The van der Waals surface area contributed by atoms with Crippen LogP contribution in [-0.2, 0) is 28.5 Å². The lowest BCUT2D eigenvalue weighted by molar-refractivity contribution is -0.303. The van der Waals surface area contributed by atoms with Crippen LogP contribution in [0.2, 0.25) is 0 Å². The zero-order valence-corrected chi connectivity index (χ0v) is 16.0. The molecule has 1 unspecified atom stereocenters. The Labute approximate surface area is 145 Å². The molecule has 24 heavy (non-hydrogen) atoms. The van der Waals surface area contributed by atoms with Gasteiger partial charge in [0.1, 0.15) is 6.61 Å². The Balaban J connectivity index is 3.09. The number of carbonyl (C=O) groups is 2. The smallest absolute Gasteiger partial charge is 0.366 e. The fourth-order valence-corrected chi connectivity index (χ4v) is 3.26. The molecular weight excluding hydrogens is 312 g/mol. The third-order valence-electron chi connectivity index (χ3n) is 5.54. The van der Waals surface area contributed by atoms with E-state index in [0.29, 0.717) is 12.3 Å². The first-order chi connectivity index (χ1) is 11.2. The fourth-order valence-electron chi connectivity index (χ4n) is 3.26. The third kappa shape index (κ3) is 4.48. The monoisotopic (exact) mass is 344 g/mol. The van der Waals surface area contributed by atoms with Gasteiger partial charge in [-0.1, -0.05) is 41.0 Å². The van der Waals surface area contributed by atoms with Gasteiger partial charge in [0.15, 0.2) is 0 Å². The average molecular weight is 344 g/mol. The van der Waals surface area contributed by atoms with Crippen molar-refractivity contribution in [2.24, 2.45) is 23.7 Å². The molecule has 0 aromatic heterocycles. The number of ether oxygens (including phenoxy) is 4. The Hall–Kier alpha value is -1.14. The zero-order valence-electron chi connectivity index (χ0n) is 16.0. The Bertz CT molecular complexity index is 437. The van der Waals surface area contributed by atoms with E-state index in [4.69, 9.17) is 14.2 Å². The molecule has 6 nitrogen and oxygen atoms in total. The van der Waals surface area contributed by atoms with Gasteiger partial charge in [0.25, 0.3) is 5.79 Å². The molecule has 1 fully saturated rings. The van der Waals surface area contributed by atoms with Crippen molar-refractivity contribution in [3.63, 3.8) is 0 Å². The van der Waals surface area contributed by atoms with Crippen LogP contribution in [-0.4, -0.2) is 44.7 Å². The Morgan fingerprint density at radius 3 is 2.33 bits per heavy atom. The predicted octanol–water partition coefficient (Wildman–Crippen LogP) is 2.79. The van der Waals surface area contributed by atoms with Gasteiger partial charge in [0.2, 0.25) is 0 Å². The lowest BCUT2D eigenvalue weighted by Gasteiger charge is -2.47. The molecule has 0 saturated carbocycles. The molecule has 140 valence electrons. The maximum atomic E-state index is 12.4. The Morgan fingerprint density at radius 2 is 1.83 bits per heavy atom. The number of esters is 2. The number of hydrogen-bond donors (Lipinski definition) is 0. The van der Waals surface area contributed by atoms with Crippen molar-refractivity contribution >= 4 is 11.9 Å². The maximum absolute atomic E-state index is 12.4. The Kier molecular flexibility index (Phi) is 7.67. The molecule has 6 atom stereocenters. The molecular formula is C18H32O6. The van der Waals surface area contributed by atoms with E-state index in [1.165, 1.54) is 14.2 Å². The highest BCUT2D eigenvalue weighted by atomic mass is 16.7.